The molecule has 1 saturated heterocycles. The van der Waals surface area contributed by atoms with Gasteiger partial charge in [0.05, 0.1) is 10.4 Å². The SMILES string of the molecule is O=C(NC1CCCC1)[C@@H](c1ccc(O)c(O)c1)N(C(=O)Cn1nnc2ccccc21)c1ccc(S(=O)(=O)N2CCCCC2)cc1. The molecule has 0 bridgehead atoms. The van der Waals surface area contributed by atoms with Crippen LogP contribution in [0.1, 0.15) is 56.6 Å². The Morgan fingerprint density at radius 1 is 0.911 bits per heavy atom. The number of amides is 2. The summed E-state index contributed by atoms with van der Waals surface area (Å²) in [7, 11) is -3.74. The van der Waals surface area contributed by atoms with Crippen molar-refractivity contribution < 1.29 is 28.2 Å². The fourth-order valence-electron chi connectivity index (χ4n) is 6.19. The number of anilines is 1. The minimum Gasteiger partial charge on any atom is -0.504 e. The summed E-state index contributed by atoms with van der Waals surface area (Å²) in [4.78, 5) is 29.8. The van der Waals surface area contributed by atoms with Gasteiger partial charge in [-0.05, 0) is 79.8 Å². The van der Waals surface area contributed by atoms with Crippen LogP contribution < -0.4 is 10.2 Å². The molecule has 1 aliphatic heterocycles. The summed E-state index contributed by atoms with van der Waals surface area (Å²) >= 11 is 0. The van der Waals surface area contributed by atoms with Crippen LogP contribution in [-0.2, 0) is 26.2 Å². The normalized spacial score (nSPS) is 16.9. The number of nitrogens with zero attached hydrogens (tertiary/aromatic N) is 5. The number of nitrogens with one attached hydrogen (secondary N) is 1. The average Bonchev–Trinajstić information content (AvgIpc) is 3.72. The number of hydrogen-bond acceptors (Lipinski definition) is 8. The number of benzene rings is 3. The molecule has 1 aromatic heterocycles. The van der Waals surface area contributed by atoms with E-state index in [1.165, 1.54) is 56.4 Å². The zero-order valence-electron chi connectivity index (χ0n) is 24.7. The lowest BCUT2D eigenvalue weighted by atomic mass is 10.0. The first-order chi connectivity index (χ1) is 21.7. The zero-order valence-corrected chi connectivity index (χ0v) is 25.6. The molecule has 6 rings (SSSR count). The van der Waals surface area contributed by atoms with Gasteiger partial charge in [0, 0.05) is 24.8 Å². The first-order valence-corrected chi connectivity index (χ1v) is 16.7. The summed E-state index contributed by atoms with van der Waals surface area (Å²) in [6, 6.07) is 15.8. The van der Waals surface area contributed by atoms with E-state index in [2.05, 4.69) is 15.6 Å². The highest BCUT2D eigenvalue weighted by atomic mass is 32.2. The monoisotopic (exact) mass is 632 g/mol. The number of carbonyl (C=O) groups is 2. The lowest BCUT2D eigenvalue weighted by Gasteiger charge is -2.33. The summed E-state index contributed by atoms with van der Waals surface area (Å²) in [5, 5.41) is 31.8. The molecule has 2 heterocycles. The van der Waals surface area contributed by atoms with Gasteiger partial charge in [0.25, 0.3) is 0 Å². The maximum absolute atomic E-state index is 14.3. The van der Waals surface area contributed by atoms with Crippen LogP contribution in [0.5, 0.6) is 11.5 Å². The number of rotatable bonds is 9. The van der Waals surface area contributed by atoms with E-state index in [-0.39, 0.29) is 34.5 Å². The van der Waals surface area contributed by atoms with Gasteiger partial charge in [-0.25, -0.2) is 13.1 Å². The Labute approximate surface area is 261 Å². The summed E-state index contributed by atoms with van der Waals surface area (Å²) in [6.07, 6.45) is 6.15. The van der Waals surface area contributed by atoms with Gasteiger partial charge in [-0.2, -0.15) is 4.31 Å². The molecule has 1 atom stereocenters. The standard InChI is InChI=1S/C32H36N6O6S/c39-28-17-12-22(20-29(28)40)31(32(42)33-23-8-2-3-9-23)38(30(41)21-37-27-11-5-4-10-26(27)34-35-37)24-13-15-25(16-14-24)45(43,44)36-18-6-1-7-19-36/h4-5,10-17,20,23,31,39-40H,1-3,6-9,18-19,21H2,(H,33,42)/t31-/m1/s1. The summed E-state index contributed by atoms with van der Waals surface area (Å²) in [5.41, 5.74) is 1.77. The Hall–Kier alpha value is -4.49. The molecule has 3 N–H and O–H groups in total. The number of para-hydroxylation sites is 1. The second kappa shape index (κ2) is 12.9. The third-order valence-corrected chi connectivity index (χ3v) is 10.5. The third-order valence-electron chi connectivity index (χ3n) is 8.56. The third kappa shape index (κ3) is 6.36. The molecule has 0 radical (unpaired) electrons. The molecule has 45 heavy (non-hydrogen) atoms. The van der Waals surface area contributed by atoms with Crippen molar-refractivity contribution >= 4 is 38.6 Å². The van der Waals surface area contributed by atoms with E-state index in [0.717, 1.165) is 44.9 Å². The molecule has 1 saturated carbocycles. The number of sulfonamides is 1. The van der Waals surface area contributed by atoms with E-state index in [0.29, 0.717) is 24.1 Å². The van der Waals surface area contributed by atoms with Gasteiger partial charge in [-0.3, -0.25) is 14.5 Å². The van der Waals surface area contributed by atoms with Crippen LogP contribution in [0.15, 0.2) is 71.6 Å². The first-order valence-electron chi connectivity index (χ1n) is 15.2. The van der Waals surface area contributed by atoms with Gasteiger partial charge >= 0.3 is 0 Å². The van der Waals surface area contributed by atoms with Crippen molar-refractivity contribution in [2.24, 2.45) is 0 Å². The quantitative estimate of drug-likeness (QED) is 0.235. The minimum absolute atomic E-state index is 0.0704. The molecule has 0 unspecified atom stereocenters. The molecule has 2 fully saturated rings. The number of phenolic OH excluding ortho intramolecular Hbond substituents is 2. The summed E-state index contributed by atoms with van der Waals surface area (Å²) in [5.74, 6) is -1.79. The molecule has 3 aromatic carbocycles. The topological polar surface area (TPSA) is 158 Å². The van der Waals surface area contributed by atoms with Gasteiger partial charge in [0.1, 0.15) is 18.1 Å². The minimum atomic E-state index is -3.74. The predicted octanol–water partition coefficient (Wildman–Crippen LogP) is 3.85. The Morgan fingerprint density at radius 3 is 2.33 bits per heavy atom. The van der Waals surface area contributed by atoms with E-state index >= 15 is 0 Å². The van der Waals surface area contributed by atoms with Crippen LogP contribution in [-0.4, -0.2) is 68.9 Å². The highest BCUT2D eigenvalue weighted by molar-refractivity contribution is 7.89. The number of fused-ring (bicyclic) bond motifs is 1. The Balaban J connectivity index is 1.42. The number of piperidine rings is 1. The van der Waals surface area contributed by atoms with Crippen molar-refractivity contribution in [3.8, 4) is 11.5 Å². The summed E-state index contributed by atoms with van der Waals surface area (Å²) in [6.45, 7) is 0.633. The van der Waals surface area contributed by atoms with Crippen molar-refractivity contribution in [3.63, 3.8) is 0 Å². The van der Waals surface area contributed by atoms with Gasteiger partial charge in [-0.15, -0.1) is 5.10 Å². The van der Waals surface area contributed by atoms with Gasteiger partial charge in [-0.1, -0.05) is 42.7 Å². The lowest BCUT2D eigenvalue weighted by Crippen LogP contribution is -2.47. The van der Waals surface area contributed by atoms with Crippen LogP contribution >= 0.6 is 0 Å². The van der Waals surface area contributed by atoms with Crippen LogP contribution in [0.25, 0.3) is 11.0 Å². The number of aromatic nitrogens is 3. The van der Waals surface area contributed by atoms with E-state index < -0.39 is 33.6 Å². The first kappa shape index (κ1) is 30.5. The largest absolute Gasteiger partial charge is 0.504 e. The second-order valence-corrected chi connectivity index (χ2v) is 13.5. The van der Waals surface area contributed by atoms with Crippen LogP contribution in [0.2, 0.25) is 0 Å². The van der Waals surface area contributed by atoms with E-state index in [9.17, 15) is 28.2 Å². The molecule has 12 nitrogen and oxygen atoms in total. The van der Waals surface area contributed by atoms with Gasteiger partial charge in [0.2, 0.25) is 21.8 Å². The number of carbonyl (C=O) groups excluding carboxylic acids is 2. The number of hydrogen-bond donors (Lipinski definition) is 3. The molecule has 4 aromatic rings. The molecular formula is C32H36N6O6S. The molecule has 2 amide bonds. The van der Waals surface area contributed by atoms with Crippen LogP contribution in [0.3, 0.4) is 0 Å². The van der Waals surface area contributed by atoms with Gasteiger partial charge in [0.15, 0.2) is 11.5 Å². The van der Waals surface area contributed by atoms with E-state index in [4.69, 9.17) is 0 Å². The summed E-state index contributed by atoms with van der Waals surface area (Å²) < 4.78 is 29.7. The Kier molecular flexibility index (Phi) is 8.72. The van der Waals surface area contributed by atoms with Crippen LogP contribution in [0, 0.1) is 0 Å². The Bertz CT molecular complexity index is 1800. The van der Waals surface area contributed by atoms with Crippen LogP contribution in [0.4, 0.5) is 5.69 Å². The van der Waals surface area contributed by atoms with E-state index in [1.807, 2.05) is 12.1 Å². The lowest BCUT2D eigenvalue weighted by molar-refractivity contribution is -0.127. The molecule has 0 spiro atoms. The molecule has 13 heteroatoms. The smallest absolute Gasteiger partial charge is 0.249 e. The second-order valence-electron chi connectivity index (χ2n) is 11.6. The van der Waals surface area contributed by atoms with E-state index in [1.54, 1.807) is 12.1 Å². The average molecular weight is 633 g/mol. The highest BCUT2D eigenvalue weighted by Crippen LogP contribution is 2.35. The number of phenols is 2. The molecule has 236 valence electrons. The predicted molar refractivity (Wildman–Crippen MR) is 167 cm³/mol. The maximum Gasteiger partial charge on any atom is 0.249 e. The van der Waals surface area contributed by atoms with Crippen molar-refractivity contribution in [1.29, 1.82) is 0 Å². The molecule has 1 aliphatic carbocycles. The molecular weight excluding hydrogens is 596 g/mol. The van der Waals surface area contributed by atoms with Crippen molar-refractivity contribution in [2.45, 2.75) is 68.5 Å². The van der Waals surface area contributed by atoms with Crippen molar-refractivity contribution in [1.82, 2.24) is 24.6 Å². The maximum atomic E-state index is 14.3. The van der Waals surface area contributed by atoms with Crippen molar-refractivity contribution in [2.75, 3.05) is 18.0 Å². The molecule has 2 aliphatic rings. The van der Waals surface area contributed by atoms with Crippen molar-refractivity contribution in [3.05, 3.63) is 72.3 Å². The fourth-order valence-corrected chi connectivity index (χ4v) is 7.70. The fraction of sp³-hybridized carbons (Fsp3) is 0.375. The Morgan fingerprint density at radius 2 is 1.62 bits per heavy atom. The highest BCUT2D eigenvalue weighted by Gasteiger charge is 2.36. The van der Waals surface area contributed by atoms with Gasteiger partial charge < -0.3 is 15.5 Å². The zero-order chi connectivity index (χ0) is 31.6. The number of aromatic hydroxyl groups is 2.